The number of aliphatic carboxylic acids is 1. The summed E-state index contributed by atoms with van der Waals surface area (Å²) in [4.78, 5) is 25.1. The lowest BCUT2D eigenvalue weighted by atomic mass is 10.1. The maximum Gasteiger partial charge on any atom is 0.318 e. The highest BCUT2D eigenvalue weighted by atomic mass is 32.2. The van der Waals surface area contributed by atoms with Crippen LogP contribution in [0.5, 0.6) is 0 Å². The van der Waals surface area contributed by atoms with Crippen LogP contribution in [0.3, 0.4) is 0 Å². The summed E-state index contributed by atoms with van der Waals surface area (Å²) in [5.74, 6) is -1.30. The molecule has 26 heavy (non-hydrogen) atoms. The zero-order chi connectivity index (χ0) is 19.3. The molecule has 1 saturated heterocycles. The molecule has 8 nitrogen and oxygen atoms in total. The summed E-state index contributed by atoms with van der Waals surface area (Å²) in [7, 11) is -3.68. The summed E-state index contributed by atoms with van der Waals surface area (Å²) in [5.41, 5.74) is 1.99. The Morgan fingerprint density at radius 3 is 2.65 bits per heavy atom. The lowest BCUT2D eigenvalue weighted by Crippen LogP contribution is -2.51. The highest BCUT2D eigenvalue weighted by Crippen LogP contribution is 2.13. The molecule has 1 amide bonds. The largest absolute Gasteiger partial charge is 0.480 e. The van der Waals surface area contributed by atoms with Crippen molar-refractivity contribution in [2.75, 3.05) is 39.0 Å². The van der Waals surface area contributed by atoms with Crippen LogP contribution in [0, 0.1) is 6.92 Å². The van der Waals surface area contributed by atoms with Gasteiger partial charge in [0.15, 0.2) is 0 Å². The van der Waals surface area contributed by atoms with Gasteiger partial charge in [-0.25, -0.2) is 8.42 Å². The van der Waals surface area contributed by atoms with E-state index in [-0.39, 0.29) is 32.0 Å². The molecule has 1 unspecified atom stereocenters. The summed E-state index contributed by atoms with van der Waals surface area (Å²) < 4.78 is 29.9. The number of carbonyl (C=O) groups excluding carboxylic acids is 1. The predicted octanol–water partition coefficient (Wildman–Crippen LogP) is 0.111. The minimum atomic E-state index is -3.68. The standard InChI is InChI=1S/C17H24N2O6S/c1-13-5-3-4-6-14(13)9-16(20)18-7-8-25-15(10-18)11-19(12-17(21)22)26(2,23)24/h3-6,15H,7-12H2,1-2H3,(H,21,22). The predicted molar refractivity (Wildman–Crippen MR) is 95.3 cm³/mol. The van der Waals surface area contributed by atoms with E-state index in [0.717, 1.165) is 21.7 Å². The Morgan fingerprint density at radius 2 is 2.04 bits per heavy atom. The van der Waals surface area contributed by atoms with Crippen molar-refractivity contribution in [1.29, 1.82) is 0 Å². The molecule has 0 aromatic heterocycles. The molecule has 1 aromatic carbocycles. The second-order valence-electron chi connectivity index (χ2n) is 6.39. The second kappa shape index (κ2) is 8.61. The van der Waals surface area contributed by atoms with Crippen LogP contribution in [-0.4, -0.2) is 79.8 Å². The lowest BCUT2D eigenvalue weighted by Gasteiger charge is -2.35. The average Bonchev–Trinajstić information content (AvgIpc) is 2.55. The number of hydrogen-bond acceptors (Lipinski definition) is 5. The van der Waals surface area contributed by atoms with Gasteiger partial charge in [-0.3, -0.25) is 9.59 Å². The van der Waals surface area contributed by atoms with Crippen LogP contribution in [0.4, 0.5) is 0 Å². The number of carboxylic acids is 1. The zero-order valence-electron chi connectivity index (χ0n) is 14.9. The molecule has 0 saturated carbocycles. The fourth-order valence-corrected chi connectivity index (χ4v) is 3.62. The van der Waals surface area contributed by atoms with Crippen molar-refractivity contribution in [3.05, 3.63) is 35.4 Å². The van der Waals surface area contributed by atoms with Crippen LogP contribution >= 0.6 is 0 Å². The molecular weight excluding hydrogens is 360 g/mol. The van der Waals surface area contributed by atoms with Crippen LogP contribution < -0.4 is 0 Å². The van der Waals surface area contributed by atoms with Crippen molar-refractivity contribution in [1.82, 2.24) is 9.21 Å². The Hall–Kier alpha value is -1.97. The average molecular weight is 384 g/mol. The number of amides is 1. The molecule has 1 fully saturated rings. The van der Waals surface area contributed by atoms with Gasteiger partial charge in [0.2, 0.25) is 15.9 Å². The van der Waals surface area contributed by atoms with E-state index in [1.807, 2.05) is 31.2 Å². The topological polar surface area (TPSA) is 104 Å². The van der Waals surface area contributed by atoms with E-state index >= 15 is 0 Å². The van der Waals surface area contributed by atoms with Crippen molar-refractivity contribution in [3.8, 4) is 0 Å². The molecule has 1 heterocycles. The molecule has 1 aromatic rings. The maximum absolute atomic E-state index is 12.6. The van der Waals surface area contributed by atoms with Crippen LogP contribution in [0.1, 0.15) is 11.1 Å². The van der Waals surface area contributed by atoms with Gasteiger partial charge in [0.1, 0.15) is 6.54 Å². The number of ether oxygens (including phenoxy) is 1. The fraction of sp³-hybridized carbons (Fsp3) is 0.529. The molecule has 1 N–H and O–H groups in total. The van der Waals surface area contributed by atoms with Gasteiger partial charge in [0, 0.05) is 19.6 Å². The Balaban J connectivity index is 2.00. The van der Waals surface area contributed by atoms with Crippen LogP contribution in [-0.2, 0) is 30.8 Å². The summed E-state index contributed by atoms with van der Waals surface area (Å²) in [6, 6.07) is 7.65. The minimum Gasteiger partial charge on any atom is -0.480 e. The SMILES string of the molecule is Cc1ccccc1CC(=O)N1CCOC(CN(CC(=O)O)S(C)(=O)=O)C1. The van der Waals surface area contributed by atoms with Gasteiger partial charge < -0.3 is 14.7 Å². The summed E-state index contributed by atoms with van der Waals surface area (Å²) >= 11 is 0. The van der Waals surface area contributed by atoms with Gasteiger partial charge in [0.05, 0.1) is 25.4 Å². The normalized spacial score (nSPS) is 18.1. The first-order valence-corrected chi connectivity index (χ1v) is 10.1. The van der Waals surface area contributed by atoms with Crippen LogP contribution in [0.25, 0.3) is 0 Å². The molecule has 9 heteroatoms. The number of morpholine rings is 1. The molecule has 144 valence electrons. The zero-order valence-corrected chi connectivity index (χ0v) is 15.7. The van der Waals surface area contributed by atoms with Crippen LogP contribution in [0.2, 0.25) is 0 Å². The first-order chi connectivity index (χ1) is 12.2. The number of nitrogens with zero attached hydrogens (tertiary/aromatic N) is 2. The molecule has 0 bridgehead atoms. The molecule has 2 rings (SSSR count). The molecular formula is C17H24N2O6S. The summed E-state index contributed by atoms with van der Waals surface area (Å²) in [5, 5.41) is 8.90. The van der Waals surface area contributed by atoms with E-state index in [2.05, 4.69) is 0 Å². The van der Waals surface area contributed by atoms with Crippen molar-refractivity contribution >= 4 is 21.9 Å². The van der Waals surface area contributed by atoms with Crippen molar-refractivity contribution in [2.24, 2.45) is 0 Å². The molecule has 0 aliphatic carbocycles. The Bertz CT molecular complexity index is 764. The second-order valence-corrected chi connectivity index (χ2v) is 8.37. The van der Waals surface area contributed by atoms with Gasteiger partial charge in [-0.05, 0) is 18.1 Å². The fourth-order valence-electron chi connectivity index (χ4n) is 2.83. The highest BCUT2D eigenvalue weighted by Gasteiger charge is 2.29. The van der Waals surface area contributed by atoms with E-state index in [9.17, 15) is 18.0 Å². The third-order valence-electron chi connectivity index (χ3n) is 4.28. The Kier molecular flexibility index (Phi) is 6.74. The van der Waals surface area contributed by atoms with E-state index in [1.54, 1.807) is 4.90 Å². The molecule has 1 atom stereocenters. The van der Waals surface area contributed by atoms with Crippen molar-refractivity contribution in [2.45, 2.75) is 19.4 Å². The number of carbonyl (C=O) groups is 2. The number of benzene rings is 1. The summed E-state index contributed by atoms with van der Waals surface area (Å²) in [6.45, 7) is 2.17. The smallest absolute Gasteiger partial charge is 0.318 e. The first kappa shape index (κ1) is 20.3. The highest BCUT2D eigenvalue weighted by molar-refractivity contribution is 7.88. The van der Waals surface area contributed by atoms with Gasteiger partial charge in [-0.1, -0.05) is 24.3 Å². The maximum atomic E-state index is 12.6. The number of aryl methyl sites for hydroxylation is 1. The van der Waals surface area contributed by atoms with E-state index < -0.39 is 28.6 Å². The van der Waals surface area contributed by atoms with Gasteiger partial charge in [-0.15, -0.1) is 0 Å². The minimum absolute atomic E-state index is 0.0586. The Morgan fingerprint density at radius 1 is 1.35 bits per heavy atom. The van der Waals surface area contributed by atoms with Crippen molar-refractivity contribution < 1.29 is 27.9 Å². The number of rotatable bonds is 7. The summed E-state index contributed by atoms with van der Waals surface area (Å²) in [6.07, 6.45) is 0.670. The van der Waals surface area contributed by atoms with Gasteiger partial charge >= 0.3 is 5.97 Å². The third-order valence-corrected chi connectivity index (χ3v) is 5.50. The quantitative estimate of drug-likeness (QED) is 0.716. The van der Waals surface area contributed by atoms with E-state index in [4.69, 9.17) is 9.84 Å². The molecule has 1 aliphatic heterocycles. The molecule has 0 radical (unpaired) electrons. The Labute approximate surface area is 153 Å². The van der Waals surface area contributed by atoms with Crippen molar-refractivity contribution in [3.63, 3.8) is 0 Å². The molecule has 1 aliphatic rings. The van der Waals surface area contributed by atoms with E-state index in [1.165, 1.54) is 0 Å². The van der Waals surface area contributed by atoms with E-state index in [0.29, 0.717) is 6.54 Å². The monoisotopic (exact) mass is 384 g/mol. The number of sulfonamides is 1. The van der Waals surface area contributed by atoms with Gasteiger partial charge in [0.25, 0.3) is 0 Å². The number of hydrogen-bond donors (Lipinski definition) is 1. The first-order valence-electron chi connectivity index (χ1n) is 8.27. The lowest BCUT2D eigenvalue weighted by molar-refractivity contribution is -0.140. The number of carboxylic acid groups (broad SMARTS) is 1. The molecule has 0 spiro atoms. The third kappa shape index (κ3) is 5.79. The van der Waals surface area contributed by atoms with Crippen LogP contribution in [0.15, 0.2) is 24.3 Å². The van der Waals surface area contributed by atoms with Gasteiger partial charge in [-0.2, -0.15) is 4.31 Å².